The molecule has 0 aliphatic rings. The first-order valence-electron chi connectivity index (χ1n) is 11.4. The second kappa shape index (κ2) is 10.0. The van der Waals surface area contributed by atoms with Crippen LogP contribution < -0.4 is 14.4 Å². The Hall–Kier alpha value is -4.03. The first-order valence-corrected chi connectivity index (χ1v) is 11.4. The fourth-order valence-electron chi connectivity index (χ4n) is 4.16. The lowest BCUT2D eigenvalue weighted by atomic mass is 10.1. The summed E-state index contributed by atoms with van der Waals surface area (Å²) in [6, 6.07) is 10.2. The fourth-order valence-corrected chi connectivity index (χ4v) is 4.16. The molecule has 2 heterocycles. The van der Waals surface area contributed by atoms with E-state index in [9.17, 15) is 26.3 Å². The Balaban J connectivity index is 1.90. The molecule has 2 aromatic carbocycles. The van der Waals surface area contributed by atoms with E-state index in [1.807, 2.05) is 11.8 Å². The molecule has 0 spiro atoms. The minimum absolute atomic E-state index is 0.112. The Morgan fingerprint density at radius 1 is 0.868 bits per heavy atom. The van der Waals surface area contributed by atoms with E-state index in [4.69, 9.17) is 9.47 Å². The summed E-state index contributed by atoms with van der Waals surface area (Å²) in [7, 11) is 3.83. The van der Waals surface area contributed by atoms with Crippen LogP contribution in [0.3, 0.4) is 0 Å². The van der Waals surface area contributed by atoms with Crippen LogP contribution in [0.4, 0.5) is 37.7 Å². The number of aryl methyl sites for hydroxylation is 1. The zero-order valence-corrected chi connectivity index (χ0v) is 20.8. The van der Waals surface area contributed by atoms with E-state index in [-0.39, 0.29) is 10.2 Å². The van der Waals surface area contributed by atoms with Gasteiger partial charge < -0.3 is 14.4 Å². The maximum atomic E-state index is 13.8. The van der Waals surface area contributed by atoms with Gasteiger partial charge in [0.1, 0.15) is 11.5 Å². The van der Waals surface area contributed by atoms with Crippen LogP contribution in [0.1, 0.15) is 24.7 Å². The van der Waals surface area contributed by atoms with Crippen LogP contribution >= 0.6 is 0 Å². The molecular formula is C25H23F6N5O2. The Labute approximate surface area is 213 Å². The van der Waals surface area contributed by atoms with Crippen molar-refractivity contribution in [2.45, 2.75) is 25.7 Å². The van der Waals surface area contributed by atoms with Crippen LogP contribution in [0.15, 0.2) is 42.6 Å². The molecule has 0 atom stereocenters. The highest BCUT2D eigenvalue weighted by Gasteiger charge is 2.46. The molecular weight excluding hydrogens is 516 g/mol. The number of methoxy groups -OCH3 is 2. The highest BCUT2D eigenvalue weighted by Crippen LogP contribution is 2.44. The lowest BCUT2D eigenvalue weighted by molar-refractivity contribution is -0.143. The van der Waals surface area contributed by atoms with Gasteiger partial charge in [-0.25, -0.2) is 4.98 Å². The number of hydrogen-bond acceptors (Lipinski definition) is 6. The fraction of sp³-hybridized carbons (Fsp3) is 0.320. The maximum absolute atomic E-state index is 13.8. The molecule has 13 heteroatoms. The van der Waals surface area contributed by atoms with E-state index >= 15 is 0 Å². The number of rotatable bonds is 7. The first-order chi connectivity index (χ1) is 17.9. The largest absolute Gasteiger partial charge is 0.497 e. The molecule has 202 valence electrons. The third kappa shape index (κ3) is 5.18. The van der Waals surface area contributed by atoms with Crippen molar-refractivity contribution in [1.29, 1.82) is 0 Å². The highest BCUT2D eigenvalue weighted by atomic mass is 19.4. The molecule has 4 aromatic rings. The predicted octanol–water partition coefficient (Wildman–Crippen LogP) is 6.63. The predicted molar refractivity (Wildman–Crippen MR) is 129 cm³/mol. The van der Waals surface area contributed by atoms with Gasteiger partial charge in [0.05, 0.1) is 42.7 Å². The van der Waals surface area contributed by atoms with Crippen LogP contribution in [0, 0.1) is 0 Å². The minimum atomic E-state index is -5.14. The summed E-state index contributed by atoms with van der Waals surface area (Å²) >= 11 is 0. The molecule has 0 radical (unpaired) electrons. The summed E-state index contributed by atoms with van der Waals surface area (Å²) < 4.78 is 93.2. The monoisotopic (exact) mass is 539 g/mol. The van der Waals surface area contributed by atoms with Crippen molar-refractivity contribution in [2.75, 3.05) is 25.7 Å². The van der Waals surface area contributed by atoms with Crippen molar-refractivity contribution in [1.82, 2.24) is 19.7 Å². The van der Waals surface area contributed by atoms with Crippen LogP contribution in [0.5, 0.6) is 11.5 Å². The molecule has 38 heavy (non-hydrogen) atoms. The van der Waals surface area contributed by atoms with Crippen molar-refractivity contribution in [3.63, 3.8) is 0 Å². The van der Waals surface area contributed by atoms with E-state index in [2.05, 4.69) is 15.1 Å². The van der Waals surface area contributed by atoms with Crippen molar-refractivity contribution < 1.29 is 35.8 Å². The number of nitrogens with zero attached hydrogens (tertiary/aromatic N) is 5. The first kappa shape index (κ1) is 27.0. The number of alkyl halides is 6. The SMILES string of the molecule is CCCN(c1cc(OC)cc(OC)c1)c1ccc2ncc(-c3c(C(F)(F)F)nn(C)c3C(F)(F)F)nc2c1. The molecule has 4 rings (SSSR count). The van der Waals surface area contributed by atoms with Gasteiger partial charge in [0.2, 0.25) is 0 Å². The topological polar surface area (TPSA) is 65.3 Å². The van der Waals surface area contributed by atoms with E-state index in [1.54, 1.807) is 36.4 Å². The van der Waals surface area contributed by atoms with Crippen molar-refractivity contribution in [3.05, 3.63) is 54.0 Å². The normalized spacial score (nSPS) is 12.2. The molecule has 7 nitrogen and oxygen atoms in total. The highest BCUT2D eigenvalue weighted by molar-refractivity contribution is 5.83. The number of benzene rings is 2. The maximum Gasteiger partial charge on any atom is 0.435 e. The van der Waals surface area contributed by atoms with Crippen molar-refractivity contribution in [2.24, 2.45) is 7.05 Å². The van der Waals surface area contributed by atoms with Gasteiger partial charge >= 0.3 is 12.4 Å². The van der Waals surface area contributed by atoms with Crippen LogP contribution in [0.2, 0.25) is 0 Å². The molecule has 0 saturated carbocycles. The summed E-state index contributed by atoms with van der Waals surface area (Å²) in [5, 5.41) is 3.12. The van der Waals surface area contributed by atoms with Gasteiger partial charge in [-0.3, -0.25) is 9.67 Å². The van der Waals surface area contributed by atoms with E-state index in [0.717, 1.165) is 19.7 Å². The van der Waals surface area contributed by atoms with Gasteiger partial charge in [-0.2, -0.15) is 31.4 Å². The van der Waals surface area contributed by atoms with Gasteiger partial charge in [-0.1, -0.05) is 6.92 Å². The molecule has 0 aliphatic heterocycles. The molecule has 0 N–H and O–H groups in total. The summed E-state index contributed by atoms with van der Waals surface area (Å²) in [4.78, 5) is 10.2. The number of ether oxygens (including phenoxy) is 2. The number of anilines is 2. The molecule has 0 amide bonds. The summed E-state index contributed by atoms with van der Waals surface area (Å²) in [5.74, 6) is 1.08. The Morgan fingerprint density at radius 3 is 2.08 bits per heavy atom. The third-order valence-corrected chi connectivity index (χ3v) is 5.77. The smallest absolute Gasteiger partial charge is 0.435 e. The number of aromatic nitrogens is 4. The summed E-state index contributed by atoms with van der Waals surface area (Å²) in [6.07, 6.45) is -8.63. The van der Waals surface area contributed by atoms with Gasteiger partial charge in [0.15, 0.2) is 11.4 Å². The average molecular weight is 539 g/mol. The second-order valence-corrected chi connectivity index (χ2v) is 8.34. The average Bonchev–Trinajstić information content (AvgIpc) is 3.24. The lowest BCUT2D eigenvalue weighted by Crippen LogP contribution is -2.18. The molecule has 0 unspecified atom stereocenters. The summed E-state index contributed by atoms with van der Waals surface area (Å²) in [5.41, 5.74) is -3.30. The van der Waals surface area contributed by atoms with Crippen LogP contribution in [0.25, 0.3) is 22.3 Å². The summed E-state index contributed by atoms with van der Waals surface area (Å²) in [6.45, 7) is 2.50. The molecule has 0 saturated heterocycles. The third-order valence-electron chi connectivity index (χ3n) is 5.77. The zero-order valence-electron chi connectivity index (χ0n) is 20.8. The van der Waals surface area contributed by atoms with Crippen LogP contribution in [-0.4, -0.2) is 40.5 Å². The minimum Gasteiger partial charge on any atom is -0.497 e. The van der Waals surface area contributed by atoms with E-state index in [1.165, 1.54) is 14.2 Å². The number of hydrogen-bond donors (Lipinski definition) is 0. The zero-order chi connectivity index (χ0) is 27.8. The molecule has 2 aromatic heterocycles. The molecule has 0 bridgehead atoms. The van der Waals surface area contributed by atoms with E-state index < -0.39 is 35.0 Å². The number of fused-ring (bicyclic) bond motifs is 1. The Bertz CT molecular complexity index is 1440. The van der Waals surface area contributed by atoms with Gasteiger partial charge in [-0.15, -0.1) is 0 Å². The van der Waals surface area contributed by atoms with Gasteiger partial charge in [-0.05, 0) is 24.6 Å². The molecule has 0 fully saturated rings. The Kier molecular flexibility index (Phi) is 7.13. The van der Waals surface area contributed by atoms with Crippen molar-refractivity contribution in [3.8, 4) is 22.8 Å². The van der Waals surface area contributed by atoms with Crippen LogP contribution in [-0.2, 0) is 19.4 Å². The van der Waals surface area contributed by atoms with Crippen molar-refractivity contribution >= 4 is 22.4 Å². The standard InChI is InChI=1S/C25H23F6N5O2/c1-5-8-36(15-9-16(37-3)12-17(10-15)38-4)14-6-7-18-19(11-14)33-20(13-32-18)21-22(24(26,27)28)34-35(2)23(21)25(29,30)31/h6-7,9-13H,5,8H2,1-4H3. The molecule has 0 aliphatic carbocycles. The quantitative estimate of drug-likeness (QED) is 0.246. The van der Waals surface area contributed by atoms with Gasteiger partial charge in [0, 0.05) is 43.2 Å². The van der Waals surface area contributed by atoms with Gasteiger partial charge in [0.25, 0.3) is 0 Å². The van der Waals surface area contributed by atoms with E-state index in [0.29, 0.717) is 34.9 Å². The second-order valence-electron chi connectivity index (χ2n) is 8.34. The Morgan fingerprint density at radius 2 is 1.53 bits per heavy atom. The number of halogens is 6. The lowest BCUT2D eigenvalue weighted by Gasteiger charge is -2.25.